The van der Waals surface area contributed by atoms with E-state index >= 15 is 0 Å². The number of benzene rings is 1. The average Bonchev–Trinajstić information content (AvgIpc) is 3.12. The molecule has 0 aromatic heterocycles. The summed E-state index contributed by atoms with van der Waals surface area (Å²) in [5, 5.41) is 11.0. The third kappa shape index (κ3) is 2.11. The SMILES string of the molecule is OC1(c2cccc(C3CCC3)c2)CCN(C2CC2)C1. The van der Waals surface area contributed by atoms with Crippen molar-refractivity contribution in [3.8, 4) is 0 Å². The van der Waals surface area contributed by atoms with E-state index in [4.69, 9.17) is 0 Å². The van der Waals surface area contributed by atoms with Crippen LogP contribution in [0.4, 0.5) is 0 Å². The second-order valence-corrected chi connectivity index (χ2v) is 6.74. The molecular formula is C17H23NO. The topological polar surface area (TPSA) is 23.5 Å². The number of hydrogen-bond acceptors (Lipinski definition) is 2. The average molecular weight is 257 g/mol. The molecule has 0 amide bonds. The summed E-state index contributed by atoms with van der Waals surface area (Å²) < 4.78 is 0. The van der Waals surface area contributed by atoms with Crippen LogP contribution >= 0.6 is 0 Å². The van der Waals surface area contributed by atoms with E-state index in [0.29, 0.717) is 0 Å². The van der Waals surface area contributed by atoms with Crippen molar-refractivity contribution in [2.45, 2.75) is 56.1 Å². The van der Waals surface area contributed by atoms with Gasteiger partial charge in [0.25, 0.3) is 0 Å². The van der Waals surface area contributed by atoms with Gasteiger partial charge in [0.1, 0.15) is 5.60 Å². The maximum absolute atomic E-state index is 11.0. The maximum atomic E-state index is 11.0. The van der Waals surface area contributed by atoms with Crippen LogP contribution in [0.5, 0.6) is 0 Å². The van der Waals surface area contributed by atoms with Gasteiger partial charge in [-0.05, 0) is 49.1 Å². The van der Waals surface area contributed by atoms with Gasteiger partial charge < -0.3 is 5.11 Å². The molecule has 2 aliphatic carbocycles. The van der Waals surface area contributed by atoms with Gasteiger partial charge in [-0.3, -0.25) is 4.90 Å². The molecule has 2 saturated carbocycles. The van der Waals surface area contributed by atoms with Gasteiger partial charge in [-0.2, -0.15) is 0 Å². The van der Waals surface area contributed by atoms with Gasteiger partial charge in [0, 0.05) is 19.1 Å². The first kappa shape index (κ1) is 11.9. The lowest BCUT2D eigenvalue weighted by molar-refractivity contribution is 0.0451. The van der Waals surface area contributed by atoms with Crippen molar-refractivity contribution >= 4 is 0 Å². The molecule has 2 heteroatoms. The zero-order chi connectivity index (χ0) is 12.9. The zero-order valence-electron chi connectivity index (χ0n) is 11.5. The van der Waals surface area contributed by atoms with Crippen molar-refractivity contribution < 1.29 is 5.11 Å². The monoisotopic (exact) mass is 257 g/mol. The smallest absolute Gasteiger partial charge is 0.103 e. The standard InChI is InChI=1S/C17H23NO/c19-17(9-10-18(12-17)16-7-8-16)15-6-2-5-14(11-15)13-3-1-4-13/h2,5-6,11,13,16,19H,1,3-4,7-10,12H2. The lowest BCUT2D eigenvalue weighted by atomic mass is 9.78. The van der Waals surface area contributed by atoms with E-state index in [2.05, 4.69) is 29.2 Å². The molecule has 3 aliphatic rings. The Bertz CT molecular complexity index is 478. The highest BCUT2D eigenvalue weighted by atomic mass is 16.3. The Morgan fingerprint density at radius 1 is 1.16 bits per heavy atom. The van der Waals surface area contributed by atoms with E-state index in [0.717, 1.165) is 37.0 Å². The molecule has 0 bridgehead atoms. The highest BCUT2D eigenvalue weighted by molar-refractivity contribution is 5.32. The van der Waals surface area contributed by atoms with E-state index in [1.807, 2.05) is 0 Å². The van der Waals surface area contributed by atoms with Crippen molar-refractivity contribution in [2.75, 3.05) is 13.1 Å². The van der Waals surface area contributed by atoms with Crippen molar-refractivity contribution in [2.24, 2.45) is 0 Å². The van der Waals surface area contributed by atoms with E-state index < -0.39 is 5.60 Å². The first-order valence-electron chi connectivity index (χ1n) is 7.81. The van der Waals surface area contributed by atoms with Gasteiger partial charge in [0.2, 0.25) is 0 Å². The quantitative estimate of drug-likeness (QED) is 0.899. The Labute approximate surface area is 115 Å². The fourth-order valence-electron chi connectivity index (χ4n) is 3.63. The first-order valence-corrected chi connectivity index (χ1v) is 7.81. The van der Waals surface area contributed by atoms with Crippen LogP contribution in [0.15, 0.2) is 24.3 Å². The summed E-state index contributed by atoms with van der Waals surface area (Å²) in [6, 6.07) is 9.55. The highest BCUT2D eigenvalue weighted by Crippen LogP contribution is 2.41. The Hall–Kier alpha value is -0.860. The summed E-state index contributed by atoms with van der Waals surface area (Å²) in [5.74, 6) is 0.754. The molecule has 1 aromatic rings. The van der Waals surface area contributed by atoms with Crippen LogP contribution in [0, 0.1) is 0 Å². The summed E-state index contributed by atoms with van der Waals surface area (Å²) in [6.07, 6.45) is 7.59. The Kier molecular flexibility index (Phi) is 2.71. The third-order valence-electron chi connectivity index (χ3n) is 5.34. The third-order valence-corrected chi connectivity index (χ3v) is 5.34. The number of hydrogen-bond donors (Lipinski definition) is 1. The number of aliphatic hydroxyl groups is 1. The lowest BCUT2D eigenvalue weighted by Crippen LogP contribution is -2.32. The Morgan fingerprint density at radius 2 is 2.00 bits per heavy atom. The van der Waals surface area contributed by atoms with Gasteiger partial charge in [-0.15, -0.1) is 0 Å². The molecule has 1 aliphatic heterocycles. The number of nitrogens with zero attached hydrogens (tertiary/aromatic N) is 1. The summed E-state index contributed by atoms with van der Waals surface area (Å²) in [5.41, 5.74) is 2.00. The number of β-amino-alcohol motifs (C(OH)–C–C–N with tert-alkyl or cyclic N) is 1. The zero-order valence-corrected chi connectivity index (χ0v) is 11.5. The minimum Gasteiger partial charge on any atom is -0.384 e. The lowest BCUT2D eigenvalue weighted by Gasteiger charge is -2.29. The molecule has 1 N–H and O–H groups in total. The highest BCUT2D eigenvalue weighted by Gasteiger charge is 2.43. The molecule has 4 rings (SSSR count). The van der Waals surface area contributed by atoms with Gasteiger partial charge in [-0.25, -0.2) is 0 Å². The molecular weight excluding hydrogens is 234 g/mol. The molecule has 19 heavy (non-hydrogen) atoms. The van der Waals surface area contributed by atoms with Gasteiger partial charge in [0.05, 0.1) is 0 Å². The Morgan fingerprint density at radius 3 is 2.68 bits per heavy atom. The van der Waals surface area contributed by atoms with Crippen molar-refractivity contribution in [1.29, 1.82) is 0 Å². The molecule has 0 radical (unpaired) electrons. The summed E-state index contributed by atoms with van der Waals surface area (Å²) in [7, 11) is 0. The molecule has 2 nitrogen and oxygen atoms in total. The Balaban J connectivity index is 1.57. The van der Waals surface area contributed by atoms with E-state index in [1.54, 1.807) is 0 Å². The summed E-state index contributed by atoms with van der Waals surface area (Å²) in [4.78, 5) is 2.48. The van der Waals surface area contributed by atoms with Crippen LogP contribution in [0.25, 0.3) is 0 Å². The van der Waals surface area contributed by atoms with Crippen LogP contribution in [0.1, 0.15) is 55.6 Å². The second-order valence-electron chi connectivity index (χ2n) is 6.74. The molecule has 1 atom stereocenters. The van der Waals surface area contributed by atoms with E-state index in [1.165, 1.54) is 37.7 Å². The summed E-state index contributed by atoms with van der Waals surface area (Å²) >= 11 is 0. The predicted octanol–water partition coefficient (Wildman–Crippen LogP) is 3.01. The molecule has 3 fully saturated rings. The second kappa shape index (κ2) is 4.32. The number of likely N-dealkylation sites (tertiary alicyclic amines) is 1. The maximum Gasteiger partial charge on any atom is 0.103 e. The van der Waals surface area contributed by atoms with Crippen LogP contribution in [-0.2, 0) is 5.60 Å². The van der Waals surface area contributed by atoms with Crippen molar-refractivity contribution in [1.82, 2.24) is 4.90 Å². The van der Waals surface area contributed by atoms with Gasteiger partial charge in [0.15, 0.2) is 0 Å². The van der Waals surface area contributed by atoms with E-state index in [-0.39, 0.29) is 0 Å². The van der Waals surface area contributed by atoms with Crippen LogP contribution in [-0.4, -0.2) is 29.1 Å². The molecule has 1 saturated heterocycles. The number of rotatable bonds is 3. The fourth-order valence-corrected chi connectivity index (χ4v) is 3.63. The molecule has 0 spiro atoms. The van der Waals surface area contributed by atoms with Gasteiger partial charge >= 0.3 is 0 Å². The van der Waals surface area contributed by atoms with Crippen LogP contribution < -0.4 is 0 Å². The summed E-state index contributed by atoms with van der Waals surface area (Å²) in [6.45, 7) is 1.90. The largest absolute Gasteiger partial charge is 0.384 e. The molecule has 1 heterocycles. The first-order chi connectivity index (χ1) is 9.24. The van der Waals surface area contributed by atoms with Crippen molar-refractivity contribution in [3.63, 3.8) is 0 Å². The minimum atomic E-state index is -0.595. The molecule has 1 aromatic carbocycles. The fraction of sp³-hybridized carbons (Fsp3) is 0.647. The molecule has 1 unspecified atom stereocenters. The van der Waals surface area contributed by atoms with Crippen LogP contribution in [0.3, 0.4) is 0 Å². The normalized spacial score (nSPS) is 32.5. The van der Waals surface area contributed by atoms with E-state index in [9.17, 15) is 5.11 Å². The minimum absolute atomic E-state index is 0.595. The van der Waals surface area contributed by atoms with Crippen LogP contribution in [0.2, 0.25) is 0 Å². The van der Waals surface area contributed by atoms with Gasteiger partial charge in [-0.1, -0.05) is 30.7 Å². The molecule has 102 valence electrons. The predicted molar refractivity (Wildman–Crippen MR) is 76.1 cm³/mol. The van der Waals surface area contributed by atoms with Crippen molar-refractivity contribution in [3.05, 3.63) is 35.4 Å².